The van der Waals surface area contributed by atoms with Gasteiger partial charge < -0.3 is 9.52 Å². The number of oxazole rings is 1. The minimum atomic E-state index is -0.129. The molecule has 0 spiro atoms. The summed E-state index contributed by atoms with van der Waals surface area (Å²) in [4.78, 5) is 3.92. The molecule has 1 heterocycles. The topological polar surface area (TPSA) is 46.3 Å². The predicted molar refractivity (Wildman–Crippen MR) is 63.3 cm³/mol. The molecule has 0 saturated heterocycles. The first-order valence-corrected chi connectivity index (χ1v) is 5.79. The SMILES string of the molecule is OCc1ncoc1-c1cc(Br)cc(Br)c1. The van der Waals surface area contributed by atoms with Crippen LogP contribution in [0.1, 0.15) is 5.69 Å². The number of halogens is 2. The molecule has 5 heteroatoms. The maximum Gasteiger partial charge on any atom is 0.181 e. The number of aliphatic hydroxyl groups is 1. The second-order valence-electron chi connectivity index (χ2n) is 2.94. The van der Waals surface area contributed by atoms with Gasteiger partial charge in [-0.25, -0.2) is 4.98 Å². The van der Waals surface area contributed by atoms with E-state index in [1.807, 2.05) is 18.2 Å². The average Bonchev–Trinajstić information content (AvgIpc) is 2.63. The van der Waals surface area contributed by atoms with E-state index in [-0.39, 0.29) is 6.61 Å². The van der Waals surface area contributed by atoms with Gasteiger partial charge >= 0.3 is 0 Å². The average molecular weight is 333 g/mol. The number of aromatic nitrogens is 1. The van der Waals surface area contributed by atoms with Crippen molar-refractivity contribution in [2.75, 3.05) is 0 Å². The van der Waals surface area contributed by atoms with E-state index in [2.05, 4.69) is 36.8 Å². The molecule has 0 unspecified atom stereocenters. The zero-order valence-corrected chi connectivity index (χ0v) is 10.7. The van der Waals surface area contributed by atoms with Crippen molar-refractivity contribution in [3.05, 3.63) is 39.2 Å². The number of hydrogen-bond acceptors (Lipinski definition) is 3. The lowest BCUT2D eigenvalue weighted by Gasteiger charge is -2.01. The van der Waals surface area contributed by atoms with Gasteiger partial charge in [0.15, 0.2) is 12.2 Å². The lowest BCUT2D eigenvalue weighted by Crippen LogP contribution is -1.86. The minimum absolute atomic E-state index is 0.129. The molecular weight excluding hydrogens is 326 g/mol. The Morgan fingerprint density at radius 3 is 2.47 bits per heavy atom. The Morgan fingerprint density at radius 2 is 1.87 bits per heavy atom. The molecule has 2 aromatic rings. The summed E-state index contributed by atoms with van der Waals surface area (Å²) >= 11 is 6.78. The van der Waals surface area contributed by atoms with Gasteiger partial charge in [0.25, 0.3) is 0 Å². The monoisotopic (exact) mass is 331 g/mol. The van der Waals surface area contributed by atoms with Crippen LogP contribution in [0.5, 0.6) is 0 Å². The Balaban J connectivity index is 2.53. The highest BCUT2D eigenvalue weighted by Crippen LogP contribution is 2.29. The predicted octanol–water partition coefficient (Wildman–Crippen LogP) is 3.36. The third-order valence-corrected chi connectivity index (χ3v) is 2.83. The number of aliphatic hydroxyl groups excluding tert-OH is 1. The van der Waals surface area contributed by atoms with E-state index >= 15 is 0 Å². The maximum absolute atomic E-state index is 9.06. The Morgan fingerprint density at radius 1 is 1.20 bits per heavy atom. The molecule has 1 aromatic heterocycles. The van der Waals surface area contributed by atoms with Gasteiger partial charge in [-0.15, -0.1) is 0 Å². The summed E-state index contributed by atoms with van der Waals surface area (Å²) in [5.41, 5.74) is 1.41. The molecular formula is C10H7Br2NO2. The number of nitrogens with zero attached hydrogens (tertiary/aromatic N) is 1. The molecule has 0 amide bonds. The molecule has 78 valence electrons. The first-order chi connectivity index (χ1) is 7.20. The van der Waals surface area contributed by atoms with Crippen LogP contribution in [0, 0.1) is 0 Å². The number of benzene rings is 1. The Hall–Kier alpha value is -0.650. The van der Waals surface area contributed by atoms with E-state index in [0.29, 0.717) is 11.5 Å². The summed E-state index contributed by atoms with van der Waals surface area (Å²) in [6, 6.07) is 5.74. The fraction of sp³-hybridized carbons (Fsp3) is 0.100. The first-order valence-electron chi connectivity index (χ1n) is 4.20. The highest BCUT2D eigenvalue weighted by atomic mass is 79.9. The van der Waals surface area contributed by atoms with Crippen LogP contribution >= 0.6 is 31.9 Å². The lowest BCUT2D eigenvalue weighted by molar-refractivity contribution is 0.277. The molecule has 0 aliphatic heterocycles. The highest BCUT2D eigenvalue weighted by Gasteiger charge is 2.10. The van der Waals surface area contributed by atoms with Gasteiger partial charge in [-0.2, -0.15) is 0 Å². The van der Waals surface area contributed by atoms with Crippen LogP contribution < -0.4 is 0 Å². The van der Waals surface area contributed by atoms with Gasteiger partial charge in [-0.3, -0.25) is 0 Å². The van der Waals surface area contributed by atoms with Crippen molar-refractivity contribution in [2.24, 2.45) is 0 Å². The quantitative estimate of drug-likeness (QED) is 0.917. The third-order valence-electron chi connectivity index (χ3n) is 1.92. The molecule has 2 rings (SSSR count). The van der Waals surface area contributed by atoms with E-state index in [1.165, 1.54) is 6.39 Å². The second kappa shape index (κ2) is 4.47. The van der Waals surface area contributed by atoms with Crippen LogP contribution in [0.4, 0.5) is 0 Å². The van der Waals surface area contributed by atoms with Crippen molar-refractivity contribution < 1.29 is 9.52 Å². The molecule has 0 atom stereocenters. The van der Waals surface area contributed by atoms with Gasteiger partial charge in [0.05, 0.1) is 6.61 Å². The summed E-state index contributed by atoms with van der Waals surface area (Å²) in [6.45, 7) is -0.129. The van der Waals surface area contributed by atoms with E-state index in [4.69, 9.17) is 9.52 Å². The fourth-order valence-corrected chi connectivity index (χ4v) is 2.60. The first kappa shape index (κ1) is 10.9. The Kier molecular flexibility index (Phi) is 3.23. The highest BCUT2D eigenvalue weighted by molar-refractivity contribution is 9.11. The maximum atomic E-state index is 9.06. The normalized spacial score (nSPS) is 10.6. The standard InChI is InChI=1S/C10H7Br2NO2/c11-7-1-6(2-8(12)3-7)10-9(4-14)13-5-15-10/h1-3,5,14H,4H2. The van der Waals surface area contributed by atoms with E-state index in [9.17, 15) is 0 Å². The Bertz CT molecular complexity index is 462. The van der Waals surface area contributed by atoms with Crippen molar-refractivity contribution >= 4 is 31.9 Å². The summed E-state index contributed by atoms with van der Waals surface area (Å²) in [6.07, 6.45) is 1.33. The molecule has 15 heavy (non-hydrogen) atoms. The van der Waals surface area contributed by atoms with Crippen LogP contribution in [0.25, 0.3) is 11.3 Å². The molecule has 1 aromatic carbocycles. The number of hydrogen-bond donors (Lipinski definition) is 1. The smallest absolute Gasteiger partial charge is 0.181 e. The second-order valence-corrected chi connectivity index (χ2v) is 4.78. The lowest BCUT2D eigenvalue weighted by atomic mass is 10.1. The minimum Gasteiger partial charge on any atom is -0.443 e. The fourth-order valence-electron chi connectivity index (χ4n) is 1.30. The summed E-state index contributed by atoms with van der Waals surface area (Å²) in [5.74, 6) is 0.597. The van der Waals surface area contributed by atoms with Crippen LogP contribution in [-0.4, -0.2) is 10.1 Å². The molecule has 0 aliphatic carbocycles. The van der Waals surface area contributed by atoms with Crippen LogP contribution in [-0.2, 0) is 6.61 Å². The number of rotatable bonds is 2. The van der Waals surface area contributed by atoms with E-state index in [1.54, 1.807) is 0 Å². The van der Waals surface area contributed by atoms with Crippen molar-refractivity contribution in [3.63, 3.8) is 0 Å². The molecule has 0 saturated carbocycles. The van der Waals surface area contributed by atoms with Crippen LogP contribution in [0.2, 0.25) is 0 Å². The van der Waals surface area contributed by atoms with Crippen molar-refractivity contribution in [1.29, 1.82) is 0 Å². The molecule has 1 N–H and O–H groups in total. The van der Waals surface area contributed by atoms with Gasteiger partial charge in [-0.1, -0.05) is 31.9 Å². The summed E-state index contributed by atoms with van der Waals surface area (Å²) < 4.78 is 7.11. The molecule has 0 aliphatic rings. The molecule has 0 fully saturated rings. The summed E-state index contributed by atoms with van der Waals surface area (Å²) in [5, 5.41) is 9.06. The Labute approximate surface area is 103 Å². The summed E-state index contributed by atoms with van der Waals surface area (Å²) in [7, 11) is 0. The van der Waals surface area contributed by atoms with Gasteiger partial charge in [0.1, 0.15) is 5.69 Å². The van der Waals surface area contributed by atoms with Crippen molar-refractivity contribution in [1.82, 2.24) is 4.98 Å². The molecule has 0 bridgehead atoms. The van der Waals surface area contributed by atoms with Crippen LogP contribution in [0.3, 0.4) is 0 Å². The zero-order valence-electron chi connectivity index (χ0n) is 7.58. The molecule has 0 radical (unpaired) electrons. The van der Waals surface area contributed by atoms with Crippen LogP contribution in [0.15, 0.2) is 38.0 Å². The zero-order chi connectivity index (χ0) is 10.8. The van der Waals surface area contributed by atoms with Gasteiger partial charge in [0, 0.05) is 14.5 Å². The van der Waals surface area contributed by atoms with E-state index < -0.39 is 0 Å². The largest absolute Gasteiger partial charge is 0.443 e. The van der Waals surface area contributed by atoms with Gasteiger partial charge in [-0.05, 0) is 18.2 Å². The van der Waals surface area contributed by atoms with Crippen molar-refractivity contribution in [3.8, 4) is 11.3 Å². The van der Waals surface area contributed by atoms with E-state index in [0.717, 1.165) is 14.5 Å². The molecule has 3 nitrogen and oxygen atoms in total. The van der Waals surface area contributed by atoms with Crippen molar-refractivity contribution in [2.45, 2.75) is 6.61 Å². The van der Waals surface area contributed by atoms with Gasteiger partial charge in [0.2, 0.25) is 0 Å². The third kappa shape index (κ3) is 2.30.